The Morgan fingerprint density at radius 2 is 0.763 bits per heavy atom. The summed E-state index contributed by atoms with van der Waals surface area (Å²) < 4.78 is 48.3. The summed E-state index contributed by atoms with van der Waals surface area (Å²) in [4.78, 5) is 108. The number of Topliss-reactive ketones (excluding diaryl/α,β-unsaturated/α-hetero) is 1. The van der Waals surface area contributed by atoms with Gasteiger partial charge in [0.1, 0.15) is 80.8 Å². The molecule has 6 atom stereocenters. The van der Waals surface area contributed by atoms with Crippen molar-refractivity contribution in [1.82, 2.24) is 30.4 Å². The standard InChI is InChI=1S/C25H30N2O5.C15H15NO3.C13H10ClNO2.C13H11NO3.C12H21NO3.C8H12O3.C7H6ClNO.C7H7NO.C7H6O/c1-25(2,3)31-24(29)27-17-11-12-18(27)14-19(13-17)30-23(28)20-21(15-7-5-4-6-8-15)26-32-22(20)16-9-10-16;1-2-18-15(17)12-13(10-6-4-3-5-7-10)16-19-14(12)11-8-9-11;14-13(16)10-11(8-4-2-1-3-5-8)15-17-12(10)9-6-7-9;15-13(16)10-11(8-4-2-1-3-5-8)14-17-12(10)9-6-7-9;1-12(2,3)16-11(15)13-8-4-5-9(13)7-10(14)6-8;1-2-11-8(10)5-7(9)6-3-4-6;8-7(9-10)6-4-2-1-3-5-6;9-8-6-7-4-2-1-3-5-7;8-6-7-4-2-1-3-5-7/h4-8,16-19H,9-14H2,1-3H3;3-7,11H,2,8-9H2,1H3;1-5,9H,6-7H2;1-5,9H,6-7H2,(H,15,16);8-10,14H,4-7H2,1-3H3;6H,2-5H2,1H3;1-5,10H;1-6,9H;1-6H/b;;;;;;9-7-;8-6+;/t17-,18+,19?;;;;8-,9+,10?;;;;. The van der Waals surface area contributed by atoms with E-state index >= 15 is 0 Å². The number of aromatic nitrogens is 4. The summed E-state index contributed by atoms with van der Waals surface area (Å²) in [5.41, 5.74) is 8.45. The van der Waals surface area contributed by atoms with Crippen molar-refractivity contribution in [2.75, 3.05) is 13.2 Å². The molecule has 732 valence electrons. The fourth-order valence-electron chi connectivity index (χ4n) is 16.4. The Kier molecular flexibility index (Phi) is 37.5. The van der Waals surface area contributed by atoms with E-state index in [2.05, 4.69) is 35.7 Å². The number of fused-ring (bicyclic) bond motifs is 4. The maximum absolute atomic E-state index is 13.3. The molecule has 139 heavy (non-hydrogen) atoms. The largest absolute Gasteiger partial charge is 0.477 e. The Morgan fingerprint density at radius 1 is 0.432 bits per heavy atom. The van der Waals surface area contributed by atoms with E-state index in [1.807, 2.05) is 239 Å². The van der Waals surface area contributed by atoms with Gasteiger partial charge < -0.3 is 72.2 Å². The molecule has 5 aliphatic carbocycles. The van der Waals surface area contributed by atoms with E-state index in [4.69, 9.17) is 70.7 Å². The first kappa shape index (κ1) is 104. The number of aliphatic hydroxyl groups excluding tert-OH is 1. The molecule has 4 saturated heterocycles. The zero-order valence-corrected chi connectivity index (χ0v) is 80.5. The van der Waals surface area contributed by atoms with Crippen LogP contribution in [-0.4, -0.2) is 177 Å². The molecule has 2 amide bonds. The highest BCUT2D eigenvalue weighted by molar-refractivity contribution is 6.69. The first-order chi connectivity index (χ1) is 67.0. The topological polar surface area (TPSA) is 416 Å². The molecular weight excluding hydrogens is 1820 g/mol. The number of ether oxygens (including phenoxy) is 5. The molecule has 20 rings (SSSR count). The molecule has 7 aromatic carbocycles. The molecule has 30 nitrogen and oxygen atoms in total. The molecule has 5 saturated carbocycles. The second kappa shape index (κ2) is 50.0. The van der Waals surface area contributed by atoms with Gasteiger partial charge in [0, 0.05) is 100.0 Å². The summed E-state index contributed by atoms with van der Waals surface area (Å²) in [5, 5.41) is 56.8. The summed E-state index contributed by atoms with van der Waals surface area (Å²) in [6.07, 6.45) is 17.8. The first-order valence-corrected chi connectivity index (χ1v) is 47.8. The average Bonchev–Trinajstić information content (AvgIpc) is 1.58. The van der Waals surface area contributed by atoms with E-state index in [9.17, 15) is 53.4 Å². The minimum atomic E-state index is -0.966. The molecule has 4 aromatic heterocycles. The lowest BCUT2D eigenvalue weighted by molar-refractivity contribution is -0.145. The average molecular weight is 1940 g/mol. The van der Waals surface area contributed by atoms with Crippen LogP contribution in [-0.2, 0) is 33.3 Å². The van der Waals surface area contributed by atoms with E-state index in [1.165, 1.54) is 6.21 Å². The van der Waals surface area contributed by atoms with Crippen LogP contribution in [0.4, 0.5) is 9.59 Å². The van der Waals surface area contributed by atoms with Crippen LogP contribution in [0.2, 0.25) is 0 Å². The summed E-state index contributed by atoms with van der Waals surface area (Å²) in [7, 11) is 0. The van der Waals surface area contributed by atoms with Crippen LogP contribution in [0.25, 0.3) is 45.0 Å². The minimum absolute atomic E-state index is 0.0293. The third kappa shape index (κ3) is 30.6. The van der Waals surface area contributed by atoms with E-state index in [-0.39, 0.29) is 107 Å². The number of carbonyl (C=O) groups excluding carboxylic acids is 8. The van der Waals surface area contributed by atoms with Crippen molar-refractivity contribution in [2.24, 2.45) is 16.2 Å². The van der Waals surface area contributed by atoms with Gasteiger partial charge >= 0.3 is 36.1 Å². The minimum Gasteiger partial charge on any atom is -0.477 e. The smallest absolute Gasteiger partial charge is 0.410 e. The second-order valence-electron chi connectivity index (χ2n) is 36.8. The number of hydrogen-bond donors (Lipinski definition) is 4. The van der Waals surface area contributed by atoms with Gasteiger partial charge in [0.15, 0.2) is 28.2 Å². The number of carboxylic acids is 1. The van der Waals surface area contributed by atoms with Gasteiger partial charge in [-0.3, -0.25) is 19.2 Å². The number of rotatable bonds is 21. The van der Waals surface area contributed by atoms with Gasteiger partial charge in [-0.2, -0.15) is 0 Å². The van der Waals surface area contributed by atoms with Crippen LogP contribution in [0.15, 0.2) is 241 Å². The van der Waals surface area contributed by atoms with Crippen LogP contribution >= 0.6 is 23.2 Å². The van der Waals surface area contributed by atoms with Gasteiger partial charge in [0.2, 0.25) is 0 Å². The van der Waals surface area contributed by atoms with Crippen molar-refractivity contribution in [3.8, 4) is 45.0 Å². The molecule has 11 aromatic rings. The number of nitrogens with zero attached hydrogens (tertiary/aromatic N) is 8. The number of hydrogen-bond acceptors (Lipinski definition) is 27. The number of aliphatic hydroxyl groups is 1. The number of carbonyl (C=O) groups is 9. The Bertz CT molecular complexity index is 5790. The highest BCUT2D eigenvalue weighted by Crippen LogP contribution is 2.49. The van der Waals surface area contributed by atoms with Crippen molar-refractivity contribution < 1.29 is 106 Å². The number of benzene rings is 7. The third-order valence-electron chi connectivity index (χ3n) is 23.5. The highest BCUT2D eigenvalue weighted by atomic mass is 35.5. The number of ketones is 1. The summed E-state index contributed by atoms with van der Waals surface area (Å²) in [5.74, 6) is 1.76. The third-order valence-corrected chi connectivity index (χ3v) is 24.0. The lowest BCUT2D eigenvalue weighted by atomic mass is 9.99. The number of esters is 3. The Morgan fingerprint density at radius 3 is 1.09 bits per heavy atom. The normalized spacial score (nSPS) is 18.5. The Labute approximate surface area is 816 Å². The molecule has 2 unspecified atom stereocenters. The van der Waals surface area contributed by atoms with Gasteiger partial charge in [-0.05, 0) is 175 Å². The van der Waals surface area contributed by atoms with Crippen molar-refractivity contribution in [2.45, 2.75) is 249 Å². The fourth-order valence-corrected chi connectivity index (χ4v) is 16.7. The zero-order chi connectivity index (χ0) is 99.3. The number of amides is 2. The van der Waals surface area contributed by atoms with Gasteiger partial charge in [0.05, 0.1) is 25.5 Å². The SMILES string of the molecule is CC(C)(C)OC(=O)N1[C@@H]2CC[C@H]1CC(O)C2.CC(C)(C)OC(=O)N1[C@@H]2CC[C@H]1CC(OC(=O)c1c(-c3ccccc3)noc1C1CC1)C2.CCOC(=O)CC(=O)C1CC1.CCOC(=O)c1c(-c2ccccc2)noc1C1CC1.O/N=C(\Cl)c1ccccc1.O/N=C/c1ccccc1.O=C(Cl)c1c(-c2ccccc2)noc1C1CC1.O=C(O)c1c(-c2ccccc2)noc1C1CC1.O=Cc1ccccc1. The summed E-state index contributed by atoms with van der Waals surface area (Å²) in [6, 6.07) is 65.9. The molecule has 0 radical (unpaired) electrons. The predicted molar refractivity (Wildman–Crippen MR) is 519 cm³/mol. The van der Waals surface area contributed by atoms with Gasteiger partial charge in [-0.1, -0.05) is 255 Å². The van der Waals surface area contributed by atoms with E-state index in [1.54, 1.807) is 38.1 Å². The lowest BCUT2D eigenvalue weighted by Crippen LogP contribution is -2.50. The van der Waals surface area contributed by atoms with E-state index in [0.29, 0.717) is 119 Å². The number of aldehydes is 1. The fraction of sp³-hybridized carbons (Fsp3) is 0.393. The monoisotopic (exact) mass is 1940 g/mol. The van der Waals surface area contributed by atoms with Crippen LogP contribution < -0.4 is 0 Å². The molecule has 32 heteroatoms. The van der Waals surface area contributed by atoms with Crippen molar-refractivity contribution in [3.63, 3.8) is 0 Å². The molecule has 9 fully saturated rings. The lowest BCUT2D eigenvalue weighted by Gasteiger charge is -2.39. The van der Waals surface area contributed by atoms with Crippen LogP contribution in [0.5, 0.6) is 0 Å². The van der Waals surface area contributed by atoms with Crippen molar-refractivity contribution in [3.05, 3.63) is 274 Å². The summed E-state index contributed by atoms with van der Waals surface area (Å²) >= 11 is 11.1. The molecular formula is C107H118Cl2N8O22. The number of oxime groups is 2. The van der Waals surface area contributed by atoms with Gasteiger partial charge in [-0.25, -0.2) is 24.0 Å². The quantitative estimate of drug-likeness (QED) is 0.00758. The number of piperidine rings is 2. The van der Waals surface area contributed by atoms with Gasteiger partial charge in [-0.15, -0.1) is 0 Å². The molecule has 4 aliphatic heterocycles. The maximum atomic E-state index is 13.3. The van der Waals surface area contributed by atoms with Crippen LogP contribution in [0, 0.1) is 5.92 Å². The summed E-state index contributed by atoms with van der Waals surface area (Å²) in [6.45, 7) is 15.5. The highest BCUT2D eigenvalue weighted by Gasteiger charge is 2.49. The molecule has 8 heterocycles. The van der Waals surface area contributed by atoms with Gasteiger partial charge in [0.25, 0.3) is 5.24 Å². The predicted octanol–water partition coefficient (Wildman–Crippen LogP) is 23.1. The van der Waals surface area contributed by atoms with Crippen LogP contribution in [0.3, 0.4) is 0 Å². The van der Waals surface area contributed by atoms with E-state index < -0.39 is 22.4 Å². The van der Waals surface area contributed by atoms with E-state index in [0.717, 1.165) is 130 Å². The first-order valence-electron chi connectivity index (χ1n) is 47.0. The van der Waals surface area contributed by atoms with Crippen molar-refractivity contribution in [1.29, 1.82) is 0 Å². The molecule has 0 spiro atoms. The molecule has 9 aliphatic rings. The second-order valence-corrected chi connectivity index (χ2v) is 37.5. The Hall–Kier alpha value is -13.7. The number of carboxylic acid groups (broad SMARTS) is 1. The molecule has 4 N–H and O–H groups in total. The number of aromatic carboxylic acids is 1. The maximum Gasteiger partial charge on any atom is 0.410 e. The number of halogens is 2. The Balaban J connectivity index is 0.000000145. The zero-order valence-electron chi connectivity index (χ0n) is 79.0. The van der Waals surface area contributed by atoms with Crippen molar-refractivity contribution >= 4 is 88.0 Å². The molecule has 4 bridgehead atoms. The van der Waals surface area contributed by atoms with Crippen LogP contribution in [0.1, 0.15) is 287 Å².